The Balaban J connectivity index is 1.88. The minimum atomic E-state index is 0.779. The number of nitrogens with zero attached hydrogens (tertiary/aromatic N) is 2. The molecule has 2 aliphatic heterocycles. The molecule has 0 N–H and O–H groups in total. The fraction of sp³-hybridized carbons (Fsp3) is 0.364. The minimum absolute atomic E-state index is 0.779. The highest BCUT2D eigenvalue weighted by Crippen LogP contribution is 2.33. The van der Waals surface area contributed by atoms with Crippen LogP contribution in [-0.4, -0.2) is 62.4 Å². The molecular formula is C22H26N2O2. The van der Waals surface area contributed by atoms with Gasteiger partial charge in [-0.2, -0.15) is 0 Å². The standard InChI is InChI=1S/C22H26N2O2/c1-3-7-19(8-4-1)21(23-11-15-25-16-12-23)22(20-9-5-2-6-10-20)24-13-17-26-18-14-24/h1-10H,11-18H2. The van der Waals surface area contributed by atoms with Crippen LogP contribution in [0.25, 0.3) is 11.4 Å². The normalized spacial score (nSPS) is 19.2. The van der Waals surface area contributed by atoms with Crippen molar-refractivity contribution < 1.29 is 9.47 Å². The summed E-state index contributed by atoms with van der Waals surface area (Å²) in [6.07, 6.45) is 0. The van der Waals surface area contributed by atoms with Gasteiger partial charge in [-0.25, -0.2) is 0 Å². The van der Waals surface area contributed by atoms with Gasteiger partial charge in [-0.1, -0.05) is 60.7 Å². The average Bonchev–Trinajstić information content (AvgIpc) is 2.74. The minimum Gasteiger partial charge on any atom is -0.378 e. The van der Waals surface area contributed by atoms with Crippen LogP contribution in [0.5, 0.6) is 0 Å². The van der Waals surface area contributed by atoms with Crippen molar-refractivity contribution >= 4 is 11.4 Å². The van der Waals surface area contributed by atoms with Gasteiger partial charge in [-0.3, -0.25) is 0 Å². The molecule has 0 aromatic heterocycles. The predicted octanol–water partition coefficient (Wildman–Crippen LogP) is 3.18. The summed E-state index contributed by atoms with van der Waals surface area (Å²) in [5, 5.41) is 0. The van der Waals surface area contributed by atoms with Crippen molar-refractivity contribution in [3.8, 4) is 0 Å². The molecule has 0 unspecified atom stereocenters. The van der Waals surface area contributed by atoms with Gasteiger partial charge in [0.1, 0.15) is 0 Å². The molecule has 2 aromatic rings. The maximum Gasteiger partial charge on any atom is 0.0685 e. The molecule has 0 radical (unpaired) electrons. The third kappa shape index (κ3) is 3.76. The van der Waals surface area contributed by atoms with Crippen LogP contribution in [-0.2, 0) is 9.47 Å². The molecule has 0 atom stereocenters. The van der Waals surface area contributed by atoms with Crippen molar-refractivity contribution in [1.82, 2.24) is 9.80 Å². The number of hydrogen-bond acceptors (Lipinski definition) is 4. The van der Waals surface area contributed by atoms with Crippen molar-refractivity contribution in [3.05, 3.63) is 71.8 Å². The van der Waals surface area contributed by atoms with E-state index in [-0.39, 0.29) is 0 Å². The van der Waals surface area contributed by atoms with Crippen LogP contribution < -0.4 is 0 Å². The summed E-state index contributed by atoms with van der Waals surface area (Å²) in [7, 11) is 0. The van der Waals surface area contributed by atoms with Crippen LogP contribution in [0.1, 0.15) is 11.1 Å². The molecule has 2 heterocycles. The zero-order valence-corrected chi connectivity index (χ0v) is 15.1. The monoisotopic (exact) mass is 350 g/mol. The van der Waals surface area contributed by atoms with Crippen LogP contribution >= 0.6 is 0 Å². The van der Waals surface area contributed by atoms with E-state index in [0.29, 0.717) is 0 Å². The third-order valence-corrected chi connectivity index (χ3v) is 4.97. The second-order valence-electron chi connectivity index (χ2n) is 6.63. The summed E-state index contributed by atoms with van der Waals surface area (Å²) in [5.74, 6) is 0. The molecule has 4 nitrogen and oxygen atoms in total. The zero-order valence-electron chi connectivity index (χ0n) is 15.1. The number of benzene rings is 2. The van der Waals surface area contributed by atoms with E-state index in [9.17, 15) is 0 Å². The van der Waals surface area contributed by atoms with Crippen LogP contribution in [0.15, 0.2) is 60.7 Å². The molecule has 0 spiro atoms. The Labute approximate surface area is 155 Å². The maximum atomic E-state index is 5.62. The highest BCUT2D eigenvalue weighted by atomic mass is 16.5. The second kappa shape index (κ2) is 8.39. The van der Waals surface area contributed by atoms with E-state index in [4.69, 9.17) is 9.47 Å². The fourth-order valence-corrected chi connectivity index (χ4v) is 3.70. The fourth-order valence-electron chi connectivity index (χ4n) is 3.70. The molecule has 0 aliphatic carbocycles. The average molecular weight is 350 g/mol. The maximum absolute atomic E-state index is 5.62. The molecule has 0 bridgehead atoms. The van der Waals surface area contributed by atoms with Gasteiger partial charge in [0, 0.05) is 26.2 Å². The van der Waals surface area contributed by atoms with Gasteiger partial charge in [0.2, 0.25) is 0 Å². The molecule has 4 heteroatoms. The van der Waals surface area contributed by atoms with Gasteiger partial charge in [0.25, 0.3) is 0 Å². The summed E-state index contributed by atoms with van der Waals surface area (Å²) < 4.78 is 11.2. The van der Waals surface area contributed by atoms with Gasteiger partial charge < -0.3 is 19.3 Å². The number of hydrogen-bond donors (Lipinski definition) is 0. The van der Waals surface area contributed by atoms with Crippen molar-refractivity contribution in [2.45, 2.75) is 0 Å². The molecule has 136 valence electrons. The first-order valence-electron chi connectivity index (χ1n) is 9.44. The zero-order chi connectivity index (χ0) is 17.6. The van der Waals surface area contributed by atoms with E-state index >= 15 is 0 Å². The van der Waals surface area contributed by atoms with E-state index in [1.54, 1.807) is 0 Å². The molecule has 26 heavy (non-hydrogen) atoms. The molecule has 2 saturated heterocycles. The summed E-state index contributed by atoms with van der Waals surface area (Å²) in [4.78, 5) is 4.97. The molecule has 0 amide bonds. The SMILES string of the molecule is c1ccc(C(=C(c2ccccc2)N2CCOCC2)N2CCOCC2)cc1. The highest BCUT2D eigenvalue weighted by Gasteiger charge is 2.25. The Hall–Kier alpha value is -2.30. The quantitative estimate of drug-likeness (QED) is 0.791. The van der Waals surface area contributed by atoms with Crippen LogP contribution in [0, 0.1) is 0 Å². The molecule has 2 fully saturated rings. The van der Waals surface area contributed by atoms with Gasteiger partial charge in [0.05, 0.1) is 37.8 Å². The Kier molecular flexibility index (Phi) is 5.53. The topological polar surface area (TPSA) is 24.9 Å². The van der Waals surface area contributed by atoms with E-state index in [2.05, 4.69) is 70.5 Å². The number of rotatable bonds is 4. The first kappa shape index (κ1) is 17.1. The Morgan fingerprint density at radius 1 is 0.538 bits per heavy atom. The van der Waals surface area contributed by atoms with Crippen LogP contribution in [0.2, 0.25) is 0 Å². The second-order valence-corrected chi connectivity index (χ2v) is 6.63. The van der Waals surface area contributed by atoms with Crippen molar-refractivity contribution in [2.75, 3.05) is 52.6 Å². The summed E-state index contributed by atoms with van der Waals surface area (Å²) in [5.41, 5.74) is 5.14. The lowest BCUT2D eigenvalue weighted by Gasteiger charge is -2.38. The van der Waals surface area contributed by atoms with Crippen molar-refractivity contribution in [3.63, 3.8) is 0 Å². The number of ether oxygens (including phenoxy) is 2. The first-order chi connectivity index (χ1) is 12.9. The van der Waals surface area contributed by atoms with Crippen molar-refractivity contribution in [2.24, 2.45) is 0 Å². The van der Waals surface area contributed by atoms with Gasteiger partial charge >= 0.3 is 0 Å². The van der Waals surface area contributed by atoms with Gasteiger partial charge in [0.15, 0.2) is 0 Å². The molecular weight excluding hydrogens is 324 g/mol. The lowest BCUT2D eigenvalue weighted by atomic mass is 10.0. The van der Waals surface area contributed by atoms with Crippen LogP contribution in [0.4, 0.5) is 0 Å². The Morgan fingerprint density at radius 3 is 1.23 bits per heavy atom. The first-order valence-corrected chi connectivity index (χ1v) is 9.44. The Bertz CT molecular complexity index is 655. The largest absolute Gasteiger partial charge is 0.378 e. The predicted molar refractivity (Wildman–Crippen MR) is 104 cm³/mol. The molecule has 0 saturated carbocycles. The Morgan fingerprint density at radius 2 is 0.885 bits per heavy atom. The molecule has 2 aromatic carbocycles. The highest BCUT2D eigenvalue weighted by molar-refractivity contribution is 5.89. The summed E-state index contributed by atoms with van der Waals surface area (Å²) in [6, 6.07) is 21.5. The van der Waals surface area contributed by atoms with Gasteiger partial charge in [-0.15, -0.1) is 0 Å². The van der Waals surface area contributed by atoms with Crippen molar-refractivity contribution in [1.29, 1.82) is 0 Å². The lowest BCUT2D eigenvalue weighted by molar-refractivity contribution is 0.0583. The molecule has 2 aliphatic rings. The number of morpholine rings is 2. The van der Waals surface area contributed by atoms with Crippen LogP contribution in [0.3, 0.4) is 0 Å². The van der Waals surface area contributed by atoms with E-state index in [1.807, 2.05) is 0 Å². The summed E-state index contributed by atoms with van der Waals surface area (Å²) >= 11 is 0. The van der Waals surface area contributed by atoms with E-state index in [1.165, 1.54) is 22.5 Å². The molecule has 4 rings (SSSR count). The van der Waals surface area contributed by atoms with Gasteiger partial charge in [-0.05, 0) is 11.1 Å². The summed E-state index contributed by atoms with van der Waals surface area (Å²) in [6.45, 7) is 6.80. The van der Waals surface area contributed by atoms with E-state index in [0.717, 1.165) is 52.6 Å². The smallest absolute Gasteiger partial charge is 0.0685 e. The van der Waals surface area contributed by atoms with E-state index < -0.39 is 0 Å². The lowest BCUT2D eigenvalue weighted by Crippen LogP contribution is -2.40. The third-order valence-electron chi connectivity index (χ3n) is 4.97.